The molecule has 2 nitrogen and oxygen atoms in total. The zero-order valence-electron chi connectivity index (χ0n) is 12.1. The molecule has 2 aromatic carbocycles. The Morgan fingerprint density at radius 1 is 1.14 bits per heavy atom. The zero-order valence-corrected chi connectivity index (χ0v) is 13.6. The van der Waals surface area contributed by atoms with Gasteiger partial charge in [0.05, 0.1) is 12.1 Å². The van der Waals surface area contributed by atoms with Crippen LogP contribution in [-0.2, 0) is 5.54 Å². The molecule has 0 aliphatic carbocycles. The normalized spacial score (nSPS) is 13.9. The molecule has 2 N–H and O–H groups in total. The Bertz CT molecular complexity index is 558. The first-order valence-corrected chi connectivity index (χ1v) is 8.30. The minimum Gasteiger partial charge on any atom is -0.394 e. The molecule has 1 unspecified atom stereocenters. The Balaban J connectivity index is 2.04. The third-order valence-corrected chi connectivity index (χ3v) is 4.90. The van der Waals surface area contributed by atoms with E-state index in [1.165, 1.54) is 0 Å². The Kier molecular flexibility index (Phi) is 6.12. The van der Waals surface area contributed by atoms with Crippen molar-refractivity contribution in [3.8, 4) is 0 Å². The topological polar surface area (TPSA) is 32.3 Å². The molecule has 0 radical (unpaired) electrons. The lowest BCUT2D eigenvalue weighted by molar-refractivity contribution is 0.165. The number of rotatable bonds is 7. The number of nitrogens with one attached hydrogen (secondary N) is 1. The van der Waals surface area contributed by atoms with Crippen molar-refractivity contribution in [1.82, 2.24) is 5.32 Å². The lowest BCUT2D eigenvalue weighted by Crippen LogP contribution is -2.44. The van der Waals surface area contributed by atoms with Crippen LogP contribution < -0.4 is 5.32 Å². The molecule has 0 amide bonds. The van der Waals surface area contributed by atoms with E-state index >= 15 is 0 Å². The highest BCUT2D eigenvalue weighted by atomic mass is 35.5. The summed E-state index contributed by atoms with van der Waals surface area (Å²) in [4.78, 5) is 1.15. The molecular weight excluding hydrogens is 302 g/mol. The van der Waals surface area contributed by atoms with Crippen molar-refractivity contribution in [2.75, 3.05) is 19.4 Å². The third kappa shape index (κ3) is 4.24. The first-order valence-electron chi connectivity index (χ1n) is 6.94. The van der Waals surface area contributed by atoms with Gasteiger partial charge in [0.15, 0.2) is 0 Å². The summed E-state index contributed by atoms with van der Waals surface area (Å²) >= 11 is 7.75. The smallest absolute Gasteiger partial charge is 0.0674 e. The molecule has 0 bridgehead atoms. The van der Waals surface area contributed by atoms with Crippen molar-refractivity contribution in [3.05, 3.63) is 65.2 Å². The molecule has 1 atom stereocenters. The van der Waals surface area contributed by atoms with Crippen molar-refractivity contribution in [1.29, 1.82) is 0 Å². The molecule has 0 fully saturated rings. The second kappa shape index (κ2) is 7.85. The van der Waals surface area contributed by atoms with E-state index in [9.17, 15) is 5.11 Å². The van der Waals surface area contributed by atoms with Crippen molar-refractivity contribution < 1.29 is 5.11 Å². The molecule has 2 aromatic rings. The monoisotopic (exact) mass is 321 g/mol. The first-order chi connectivity index (χ1) is 10.2. The number of benzene rings is 2. The van der Waals surface area contributed by atoms with Crippen LogP contribution in [0.1, 0.15) is 12.0 Å². The van der Waals surface area contributed by atoms with Gasteiger partial charge >= 0.3 is 0 Å². The van der Waals surface area contributed by atoms with Gasteiger partial charge in [-0.3, -0.25) is 0 Å². The Labute approximate surface area is 135 Å². The summed E-state index contributed by atoms with van der Waals surface area (Å²) in [6, 6.07) is 18.0. The van der Waals surface area contributed by atoms with E-state index in [1.54, 1.807) is 11.8 Å². The number of aliphatic hydroxyl groups is 1. The molecule has 0 spiro atoms. The fourth-order valence-electron chi connectivity index (χ4n) is 2.32. The van der Waals surface area contributed by atoms with Crippen molar-refractivity contribution in [3.63, 3.8) is 0 Å². The molecule has 0 saturated carbocycles. The molecule has 4 heteroatoms. The maximum absolute atomic E-state index is 9.88. The number of aliphatic hydroxyl groups excluding tert-OH is 1. The highest BCUT2D eigenvalue weighted by Crippen LogP contribution is 2.29. The molecular formula is C17H20ClNOS. The van der Waals surface area contributed by atoms with Crippen molar-refractivity contribution in [2.24, 2.45) is 0 Å². The number of hydrogen-bond acceptors (Lipinski definition) is 3. The minimum atomic E-state index is -0.396. The maximum Gasteiger partial charge on any atom is 0.0674 e. The maximum atomic E-state index is 9.88. The van der Waals surface area contributed by atoms with Gasteiger partial charge < -0.3 is 10.4 Å². The third-order valence-electron chi connectivity index (χ3n) is 3.67. The number of likely N-dealkylation sites (N-methyl/N-ethyl adjacent to an activating group) is 1. The molecule has 0 aliphatic rings. The van der Waals surface area contributed by atoms with E-state index < -0.39 is 5.54 Å². The van der Waals surface area contributed by atoms with Crippen molar-refractivity contribution >= 4 is 23.4 Å². The van der Waals surface area contributed by atoms with Crippen LogP contribution in [0, 0.1) is 0 Å². The Morgan fingerprint density at radius 3 is 2.52 bits per heavy atom. The van der Waals surface area contributed by atoms with Crippen LogP contribution in [0.25, 0.3) is 0 Å². The summed E-state index contributed by atoms with van der Waals surface area (Å²) in [5, 5.41) is 13.9. The van der Waals surface area contributed by atoms with Crippen LogP contribution in [-0.4, -0.2) is 24.5 Å². The van der Waals surface area contributed by atoms with E-state index in [0.717, 1.165) is 27.7 Å². The number of thioether (sulfide) groups is 1. The quantitative estimate of drug-likeness (QED) is 0.758. The summed E-state index contributed by atoms with van der Waals surface area (Å²) < 4.78 is 0. The molecule has 0 aromatic heterocycles. The van der Waals surface area contributed by atoms with E-state index in [4.69, 9.17) is 11.6 Å². The first kappa shape index (κ1) is 16.4. The highest BCUT2D eigenvalue weighted by molar-refractivity contribution is 7.99. The zero-order chi connectivity index (χ0) is 15.1. The predicted octanol–water partition coefficient (Wildman–Crippen LogP) is 3.93. The largest absolute Gasteiger partial charge is 0.394 e. The molecule has 2 rings (SSSR count). The highest BCUT2D eigenvalue weighted by Gasteiger charge is 2.29. The van der Waals surface area contributed by atoms with E-state index in [1.807, 2.05) is 43.4 Å². The van der Waals surface area contributed by atoms with E-state index in [-0.39, 0.29) is 6.61 Å². The standard InChI is InChI=1S/C17H20ClNOS/c1-19-17(13-20,14-6-3-2-4-7-14)10-11-21-16-9-5-8-15(18)12-16/h2-9,12,19-20H,10-11,13H2,1H3. The lowest BCUT2D eigenvalue weighted by Gasteiger charge is -2.32. The summed E-state index contributed by atoms with van der Waals surface area (Å²) in [6.07, 6.45) is 0.835. The molecule has 0 saturated heterocycles. The van der Waals surface area contributed by atoms with Crippen LogP contribution in [0.5, 0.6) is 0 Å². The van der Waals surface area contributed by atoms with E-state index in [0.29, 0.717) is 0 Å². The summed E-state index contributed by atoms with van der Waals surface area (Å²) in [5.41, 5.74) is 0.717. The molecule has 112 valence electrons. The van der Waals surface area contributed by atoms with Crippen LogP contribution in [0.15, 0.2) is 59.5 Å². The van der Waals surface area contributed by atoms with Gasteiger partial charge in [0.2, 0.25) is 0 Å². The molecule has 0 heterocycles. The van der Waals surface area contributed by atoms with Gasteiger partial charge in [-0.15, -0.1) is 11.8 Å². The van der Waals surface area contributed by atoms with Gasteiger partial charge in [-0.2, -0.15) is 0 Å². The summed E-state index contributed by atoms with van der Waals surface area (Å²) in [6.45, 7) is 0.0730. The lowest BCUT2D eigenvalue weighted by atomic mass is 9.88. The van der Waals surface area contributed by atoms with Gasteiger partial charge in [-0.05, 0) is 37.2 Å². The van der Waals surface area contributed by atoms with Crippen LogP contribution in [0.4, 0.5) is 0 Å². The predicted molar refractivity (Wildman–Crippen MR) is 91.1 cm³/mol. The van der Waals surface area contributed by atoms with Gasteiger partial charge in [-0.25, -0.2) is 0 Å². The summed E-state index contributed by atoms with van der Waals surface area (Å²) in [7, 11) is 1.90. The minimum absolute atomic E-state index is 0.0730. The van der Waals surface area contributed by atoms with Gasteiger partial charge in [0.1, 0.15) is 0 Å². The second-order valence-electron chi connectivity index (χ2n) is 4.91. The van der Waals surface area contributed by atoms with Crippen molar-refractivity contribution in [2.45, 2.75) is 16.9 Å². The van der Waals surface area contributed by atoms with Gasteiger partial charge in [0, 0.05) is 15.7 Å². The van der Waals surface area contributed by atoms with Gasteiger partial charge in [-0.1, -0.05) is 48.0 Å². The number of halogens is 1. The average molecular weight is 322 g/mol. The van der Waals surface area contributed by atoms with Crippen LogP contribution >= 0.6 is 23.4 Å². The SMILES string of the molecule is CNC(CO)(CCSc1cccc(Cl)c1)c1ccccc1. The Morgan fingerprint density at radius 2 is 1.90 bits per heavy atom. The van der Waals surface area contributed by atoms with Gasteiger partial charge in [0.25, 0.3) is 0 Å². The van der Waals surface area contributed by atoms with Crippen LogP contribution in [0.2, 0.25) is 5.02 Å². The average Bonchev–Trinajstić information content (AvgIpc) is 2.53. The van der Waals surface area contributed by atoms with E-state index in [2.05, 4.69) is 23.5 Å². The second-order valence-corrected chi connectivity index (χ2v) is 6.52. The number of hydrogen-bond donors (Lipinski definition) is 2. The Hall–Kier alpha value is -1.00. The molecule has 21 heavy (non-hydrogen) atoms. The van der Waals surface area contributed by atoms with Crippen LogP contribution in [0.3, 0.4) is 0 Å². The summed E-state index contributed by atoms with van der Waals surface area (Å²) in [5.74, 6) is 0.899. The fourth-order valence-corrected chi connectivity index (χ4v) is 3.65. The fraction of sp³-hybridized carbons (Fsp3) is 0.294. The molecule has 0 aliphatic heterocycles.